The minimum absolute atomic E-state index is 0. The Morgan fingerprint density at radius 3 is 1.57 bits per heavy atom. The van der Waals surface area contributed by atoms with Crippen LogP contribution in [-0.2, 0) is 17.4 Å². The summed E-state index contributed by atoms with van der Waals surface area (Å²) in [6.07, 6.45) is 3.50. The molecule has 0 saturated heterocycles. The Morgan fingerprint density at radius 1 is 0.857 bits per heavy atom. The molecule has 1 radical (unpaired) electrons. The summed E-state index contributed by atoms with van der Waals surface area (Å²) >= 11 is 0. The van der Waals surface area contributed by atoms with Crippen LogP contribution in [-0.4, -0.2) is 4.98 Å². The first-order valence-corrected chi connectivity index (χ1v) is 1.85. The molecule has 0 aliphatic carbocycles. The minimum atomic E-state index is 0. The number of hydrogen-bond acceptors (Lipinski definition) is 1. The normalized spacial score (nSPS) is 6.86. The maximum Gasteiger partial charge on any atom is 3.00 e. The molecule has 33 valence electrons. The fourth-order valence-electron chi connectivity index (χ4n) is 0.313. The molecule has 0 amide bonds. The van der Waals surface area contributed by atoms with Crippen molar-refractivity contribution in [3.63, 3.8) is 0 Å². The third-order valence-electron chi connectivity index (χ3n) is 0.566. The van der Waals surface area contributed by atoms with Gasteiger partial charge in [0.2, 0.25) is 0 Å². The molecule has 0 fully saturated rings. The van der Waals surface area contributed by atoms with Gasteiger partial charge in [-0.3, -0.25) is 4.98 Å². The second-order valence-corrected chi connectivity index (χ2v) is 1.02. The Labute approximate surface area is 53.5 Å². The van der Waals surface area contributed by atoms with Crippen LogP contribution in [0, 0.1) is 0 Å². The number of nitrogens with zero attached hydrogens (tertiary/aromatic N) is 1. The molecule has 0 aliphatic heterocycles. The third-order valence-corrected chi connectivity index (χ3v) is 0.566. The molecule has 1 aromatic rings. The van der Waals surface area contributed by atoms with Gasteiger partial charge in [-0.25, -0.2) is 0 Å². The van der Waals surface area contributed by atoms with Crippen molar-refractivity contribution in [1.29, 1.82) is 0 Å². The fourth-order valence-corrected chi connectivity index (χ4v) is 0.313. The van der Waals surface area contributed by atoms with Gasteiger partial charge >= 0.3 is 17.4 Å². The van der Waals surface area contributed by atoms with Crippen molar-refractivity contribution in [3.8, 4) is 0 Å². The number of pyridine rings is 1. The largest absolute Gasteiger partial charge is 3.00 e. The van der Waals surface area contributed by atoms with E-state index >= 15 is 0 Å². The molecule has 0 aliphatic rings. The Kier molecular flexibility index (Phi) is 3.68. The molecule has 0 aromatic carbocycles. The molecule has 1 aromatic heterocycles. The molecule has 1 heterocycles. The maximum atomic E-state index is 3.78. The predicted octanol–water partition coefficient (Wildman–Crippen LogP) is 1.08. The molecule has 0 saturated carbocycles. The van der Waals surface area contributed by atoms with Crippen LogP contribution in [0.5, 0.6) is 0 Å². The van der Waals surface area contributed by atoms with Gasteiger partial charge in [0.05, 0.1) is 0 Å². The summed E-state index contributed by atoms with van der Waals surface area (Å²) in [5, 5.41) is 0. The van der Waals surface area contributed by atoms with Crippen molar-refractivity contribution in [1.82, 2.24) is 4.98 Å². The smallest absolute Gasteiger partial charge is 0.265 e. The first-order valence-electron chi connectivity index (χ1n) is 1.85. The van der Waals surface area contributed by atoms with Crippen LogP contribution < -0.4 is 0 Å². The first-order chi connectivity index (χ1) is 3.00. The van der Waals surface area contributed by atoms with E-state index < -0.39 is 0 Å². The Bertz CT molecular complexity index is 80.0. The quantitative estimate of drug-likeness (QED) is 0.513. The van der Waals surface area contributed by atoms with Crippen LogP contribution >= 0.6 is 0 Å². The molecule has 1 rings (SSSR count). The van der Waals surface area contributed by atoms with Crippen LogP contribution in [0.4, 0.5) is 0 Å². The van der Waals surface area contributed by atoms with Crippen molar-refractivity contribution in [2.75, 3.05) is 0 Å². The summed E-state index contributed by atoms with van der Waals surface area (Å²) < 4.78 is 0. The molecule has 7 heavy (non-hydrogen) atoms. The Balaban J connectivity index is 0.000000360. The monoisotopic (exact) mass is 131 g/mol. The van der Waals surface area contributed by atoms with Crippen LogP contribution in [0.3, 0.4) is 0 Å². The topological polar surface area (TPSA) is 12.9 Å². The third kappa shape index (κ3) is 2.39. The van der Waals surface area contributed by atoms with Gasteiger partial charge in [-0.2, -0.15) is 0 Å². The van der Waals surface area contributed by atoms with E-state index in [4.69, 9.17) is 0 Å². The molecule has 0 unspecified atom stereocenters. The van der Waals surface area contributed by atoms with Crippen molar-refractivity contribution < 1.29 is 17.4 Å². The van der Waals surface area contributed by atoms with Gasteiger partial charge in [0.1, 0.15) is 0 Å². The van der Waals surface area contributed by atoms with E-state index in [1.165, 1.54) is 0 Å². The summed E-state index contributed by atoms with van der Waals surface area (Å²) in [6.45, 7) is 0. The van der Waals surface area contributed by atoms with Gasteiger partial charge in [0.25, 0.3) is 0 Å². The summed E-state index contributed by atoms with van der Waals surface area (Å²) in [7, 11) is 0. The zero-order valence-corrected chi connectivity index (χ0v) is 5.02. The van der Waals surface area contributed by atoms with E-state index in [1.807, 2.05) is 18.2 Å². The summed E-state index contributed by atoms with van der Waals surface area (Å²) in [5.74, 6) is 0. The fraction of sp³-hybridized carbons (Fsp3) is 0. The zero-order valence-electron chi connectivity index (χ0n) is 3.74. The molecule has 0 atom stereocenters. The first kappa shape index (κ1) is 6.68. The average Bonchev–Trinajstić information content (AvgIpc) is 1.72. The molecule has 0 spiro atoms. The van der Waals surface area contributed by atoms with Crippen molar-refractivity contribution in [2.45, 2.75) is 0 Å². The van der Waals surface area contributed by atoms with Crippen molar-refractivity contribution >= 4 is 0 Å². The van der Waals surface area contributed by atoms with Gasteiger partial charge in [0.15, 0.2) is 0 Å². The van der Waals surface area contributed by atoms with E-state index in [0.29, 0.717) is 0 Å². The van der Waals surface area contributed by atoms with E-state index in [-0.39, 0.29) is 17.4 Å². The molecule has 0 N–H and O–H groups in total. The second kappa shape index (κ2) is 3.86. The standard InChI is InChI=1S/C5H5N.Cr/c1-2-4-6-5-3-1;/h1-5H;/q;+3. The molecular weight excluding hydrogens is 126 g/mol. The van der Waals surface area contributed by atoms with Gasteiger partial charge in [0, 0.05) is 12.4 Å². The average molecular weight is 131 g/mol. The molecule has 1 nitrogen and oxygen atoms in total. The molecule has 0 bridgehead atoms. The summed E-state index contributed by atoms with van der Waals surface area (Å²) in [4.78, 5) is 3.78. The van der Waals surface area contributed by atoms with Gasteiger partial charge in [-0.15, -0.1) is 0 Å². The number of hydrogen-bond donors (Lipinski definition) is 0. The summed E-state index contributed by atoms with van der Waals surface area (Å²) in [6, 6.07) is 5.72. The maximum absolute atomic E-state index is 3.78. The van der Waals surface area contributed by atoms with Crippen LogP contribution in [0.25, 0.3) is 0 Å². The van der Waals surface area contributed by atoms with Crippen molar-refractivity contribution in [2.24, 2.45) is 0 Å². The SMILES string of the molecule is [Cr+3].c1ccncc1. The zero-order chi connectivity index (χ0) is 4.24. The Morgan fingerprint density at radius 2 is 1.43 bits per heavy atom. The second-order valence-electron chi connectivity index (χ2n) is 1.02. The molecular formula is C5H5CrN+3. The minimum Gasteiger partial charge on any atom is -0.265 e. The van der Waals surface area contributed by atoms with E-state index in [9.17, 15) is 0 Å². The number of rotatable bonds is 0. The van der Waals surface area contributed by atoms with Crippen molar-refractivity contribution in [3.05, 3.63) is 30.6 Å². The van der Waals surface area contributed by atoms with Crippen LogP contribution in [0.1, 0.15) is 0 Å². The Hall–Kier alpha value is -0.318. The van der Waals surface area contributed by atoms with E-state index in [0.717, 1.165) is 0 Å². The van der Waals surface area contributed by atoms with Gasteiger partial charge in [-0.1, -0.05) is 6.07 Å². The number of aromatic nitrogens is 1. The van der Waals surface area contributed by atoms with E-state index in [1.54, 1.807) is 12.4 Å². The van der Waals surface area contributed by atoms with Gasteiger partial charge < -0.3 is 0 Å². The molecule has 2 heteroatoms. The van der Waals surface area contributed by atoms with Crippen LogP contribution in [0.2, 0.25) is 0 Å². The van der Waals surface area contributed by atoms with Crippen LogP contribution in [0.15, 0.2) is 30.6 Å². The van der Waals surface area contributed by atoms with E-state index in [2.05, 4.69) is 4.98 Å². The predicted molar refractivity (Wildman–Crippen MR) is 24.2 cm³/mol. The van der Waals surface area contributed by atoms with Gasteiger partial charge in [-0.05, 0) is 12.1 Å². The summed E-state index contributed by atoms with van der Waals surface area (Å²) in [5.41, 5.74) is 0.